The molecule has 0 aromatic heterocycles. The van der Waals surface area contributed by atoms with Crippen LogP contribution in [0, 0.1) is 13.8 Å². The van der Waals surface area contributed by atoms with Crippen molar-refractivity contribution < 1.29 is 9.59 Å². The van der Waals surface area contributed by atoms with Crippen molar-refractivity contribution >= 4 is 17.6 Å². The van der Waals surface area contributed by atoms with Crippen LogP contribution in [0.5, 0.6) is 0 Å². The Morgan fingerprint density at radius 2 is 1.65 bits per heavy atom. The van der Waals surface area contributed by atoms with Gasteiger partial charge in [-0.3, -0.25) is 4.79 Å². The molecule has 26 heavy (non-hydrogen) atoms. The topological polar surface area (TPSA) is 61.4 Å². The lowest BCUT2D eigenvalue weighted by Crippen LogP contribution is -2.47. The summed E-state index contributed by atoms with van der Waals surface area (Å²) in [5, 5.41) is 6.00. The molecule has 1 fully saturated rings. The fraction of sp³-hybridized carbons (Fsp3) is 0.333. The van der Waals surface area contributed by atoms with Gasteiger partial charge in [0.25, 0.3) is 5.91 Å². The number of para-hydroxylation sites is 1. The third-order valence-corrected chi connectivity index (χ3v) is 4.91. The van der Waals surface area contributed by atoms with Gasteiger partial charge in [0.05, 0.1) is 0 Å². The number of rotatable bonds is 3. The molecule has 0 unspecified atom stereocenters. The summed E-state index contributed by atoms with van der Waals surface area (Å²) in [6, 6.07) is 15.2. The van der Waals surface area contributed by atoms with Crippen molar-refractivity contribution in [3.8, 4) is 0 Å². The van der Waals surface area contributed by atoms with Gasteiger partial charge in [-0.2, -0.15) is 0 Å². The number of nitrogens with zero attached hydrogens (tertiary/aromatic N) is 1. The van der Waals surface area contributed by atoms with Crippen LogP contribution in [-0.4, -0.2) is 36.0 Å². The largest absolute Gasteiger partial charge is 0.349 e. The molecule has 136 valence electrons. The highest BCUT2D eigenvalue weighted by Crippen LogP contribution is 2.15. The van der Waals surface area contributed by atoms with Crippen molar-refractivity contribution in [3.05, 3.63) is 65.2 Å². The van der Waals surface area contributed by atoms with E-state index >= 15 is 0 Å². The maximum atomic E-state index is 12.4. The van der Waals surface area contributed by atoms with E-state index in [-0.39, 0.29) is 18.0 Å². The quantitative estimate of drug-likeness (QED) is 0.885. The molecule has 0 aliphatic carbocycles. The van der Waals surface area contributed by atoms with Gasteiger partial charge in [-0.1, -0.05) is 24.3 Å². The van der Waals surface area contributed by atoms with Crippen LogP contribution in [0.4, 0.5) is 10.5 Å². The zero-order valence-corrected chi connectivity index (χ0v) is 15.3. The minimum absolute atomic E-state index is 0.0414. The summed E-state index contributed by atoms with van der Waals surface area (Å²) in [6.45, 7) is 5.32. The normalized spacial score (nSPS) is 14.8. The van der Waals surface area contributed by atoms with Crippen LogP contribution in [-0.2, 0) is 0 Å². The number of benzene rings is 2. The summed E-state index contributed by atoms with van der Waals surface area (Å²) >= 11 is 0. The zero-order chi connectivity index (χ0) is 18.5. The van der Waals surface area contributed by atoms with Crippen molar-refractivity contribution in [2.75, 3.05) is 18.4 Å². The molecule has 1 aliphatic rings. The number of piperidine rings is 1. The van der Waals surface area contributed by atoms with Crippen molar-refractivity contribution in [2.45, 2.75) is 32.7 Å². The predicted octanol–water partition coefficient (Wildman–Crippen LogP) is 3.73. The first-order valence-corrected chi connectivity index (χ1v) is 9.02. The maximum absolute atomic E-state index is 12.4. The molecule has 0 radical (unpaired) electrons. The molecule has 2 aromatic rings. The first-order valence-electron chi connectivity index (χ1n) is 9.02. The highest BCUT2D eigenvalue weighted by atomic mass is 16.2. The van der Waals surface area contributed by atoms with E-state index in [2.05, 4.69) is 10.6 Å². The molecule has 3 amide bonds. The third kappa shape index (κ3) is 4.42. The monoisotopic (exact) mass is 351 g/mol. The molecule has 3 rings (SSSR count). The fourth-order valence-electron chi connectivity index (χ4n) is 3.10. The van der Waals surface area contributed by atoms with Crippen LogP contribution >= 0.6 is 0 Å². The molecule has 5 nitrogen and oxygen atoms in total. The Labute approximate surface area is 154 Å². The molecule has 1 aliphatic heterocycles. The van der Waals surface area contributed by atoms with Gasteiger partial charge in [-0.05, 0) is 62.1 Å². The second-order valence-corrected chi connectivity index (χ2v) is 6.83. The van der Waals surface area contributed by atoms with Gasteiger partial charge < -0.3 is 15.5 Å². The first kappa shape index (κ1) is 18.0. The van der Waals surface area contributed by atoms with E-state index in [1.165, 1.54) is 5.56 Å². The van der Waals surface area contributed by atoms with Crippen molar-refractivity contribution in [2.24, 2.45) is 0 Å². The Kier molecular flexibility index (Phi) is 5.56. The average Bonchev–Trinajstić information content (AvgIpc) is 2.65. The summed E-state index contributed by atoms with van der Waals surface area (Å²) in [4.78, 5) is 26.5. The van der Waals surface area contributed by atoms with Gasteiger partial charge >= 0.3 is 6.03 Å². The van der Waals surface area contributed by atoms with Gasteiger partial charge in [-0.25, -0.2) is 4.79 Å². The van der Waals surface area contributed by atoms with Gasteiger partial charge in [0, 0.05) is 30.4 Å². The Morgan fingerprint density at radius 1 is 0.962 bits per heavy atom. The molecule has 1 saturated heterocycles. The maximum Gasteiger partial charge on any atom is 0.321 e. The Bertz CT molecular complexity index is 781. The Hall–Kier alpha value is -2.82. The number of aryl methyl sites for hydroxylation is 2. The first-order chi connectivity index (χ1) is 12.5. The van der Waals surface area contributed by atoms with Crippen molar-refractivity contribution in [1.82, 2.24) is 10.2 Å². The number of urea groups is 1. The Balaban J connectivity index is 1.49. The summed E-state index contributed by atoms with van der Waals surface area (Å²) in [5.41, 5.74) is 3.78. The molecule has 0 spiro atoms. The van der Waals surface area contributed by atoms with Gasteiger partial charge in [0.15, 0.2) is 0 Å². The molecule has 0 saturated carbocycles. The van der Waals surface area contributed by atoms with E-state index in [1.54, 1.807) is 4.90 Å². The number of likely N-dealkylation sites (tertiary alicyclic amines) is 1. The van der Waals surface area contributed by atoms with E-state index in [1.807, 2.05) is 62.4 Å². The number of hydrogen-bond acceptors (Lipinski definition) is 2. The number of carbonyl (C=O) groups is 2. The molecular formula is C21H25N3O2. The van der Waals surface area contributed by atoms with Crippen LogP contribution in [0.15, 0.2) is 48.5 Å². The van der Waals surface area contributed by atoms with Crippen LogP contribution < -0.4 is 10.6 Å². The van der Waals surface area contributed by atoms with E-state index in [0.717, 1.165) is 24.1 Å². The molecule has 0 bridgehead atoms. The number of nitrogens with one attached hydrogen (secondary N) is 2. The number of hydrogen-bond donors (Lipinski definition) is 2. The molecular weight excluding hydrogens is 326 g/mol. The van der Waals surface area contributed by atoms with Crippen molar-refractivity contribution in [3.63, 3.8) is 0 Å². The van der Waals surface area contributed by atoms with Crippen LogP contribution in [0.1, 0.15) is 34.3 Å². The highest BCUT2D eigenvalue weighted by molar-refractivity contribution is 5.94. The van der Waals surface area contributed by atoms with E-state index < -0.39 is 0 Å². The molecule has 2 aromatic carbocycles. The van der Waals surface area contributed by atoms with E-state index in [4.69, 9.17) is 0 Å². The zero-order valence-electron chi connectivity index (χ0n) is 15.3. The molecule has 1 heterocycles. The number of carbonyl (C=O) groups excluding carboxylic acids is 2. The highest BCUT2D eigenvalue weighted by Gasteiger charge is 2.24. The predicted molar refractivity (Wildman–Crippen MR) is 103 cm³/mol. The summed E-state index contributed by atoms with van der Waals surface area (Å²) in [6.07, 6.45) is 1.53. The van der Waals surface area contributed by atoms with E-state index in [0.29, 0.717) is 18.7 Å². The smallest absolute Gasteiger partial charge is 0.321 e. The average molecular weight is 351 g/mol. The fourth-order valence-corrected chi connectivity index (χ4v) is 3.10. The third-order valence-electron chi connectivity index (χ3n) is 4.91. The molecule has 5 heteroatoms. The van der Waals surface area contributed by atoms with Gasteiger partial charge in [0.2, 0.25) is 0 Å². The van der Waals surface area contributed by atoms with Crippen molar-refractivity contribution in [1.29, 1.82) is 0 Å². The van der Waals surface area contributed by atoms with Crippen LogP contribution in [0.3, 0.4) is 0 Å². The number of anilines is 1. The second kappa shape index (κ2) is 8.04. The summed E-state index contributed by atoms with van der Waals surface area (Å²) < 4.78 is 0. The molecule has 2 N–H and O–H groups in total. The summed E-state index contributed by atoms with van der Waals surface area (Å²) in [7, 11) is 0. The Morgan fingerprint density at radius 3 is 2.31 bits per heavy atom. The lowest BCUT2D eigenvalue weighted by Gasteiger charge is -2.32. The lowest BCUT2D eigenvalue weighted by molar-refractivity contribution is 0.0919. The lowest BCUT2D eigenvalue weighted by atomic mass is 10.0. The van der Waals surface area contributed by atoms with Crippen LogP contribution in [0.25, 0.3) is 0 Å². The second-order valence-electron chi connectivity index (χ2n) is 6.83. The number of amides is 3. The molecule has 0 atom stereocenters. The standard InChI is InChI=1S/C21H25N3O2/c1-15-8-9-17(14-16(15)2)20(25)22-19-10-12-24(13-11-19)21(26)23-18-6-4-3-5-7-18/h3-9,14,19H,10-13H2,1-2H3,(H,22,25)(H,23,26). The minimum atomic E-state index is -0.0878. The van der Waals surface area contributed by atoms with Gasteiger partial charge in [-0.15, -0.1) is 0 Å². The minimum Gasteiger partial charge on any atom is -0.349 e. The summed E-state index contributed by atoms with van der Waals surface area (Å²) in [5.74, 6) is -0.0414. The van der Waals surface area contributed by atoms with E-state index in [9.17, 15) is 9.59 Å². The van der Waals surface area contributed by atoms with Gasteiger partial charge in [0.1, 0.15) is 0 Å². The van der Waals surface area contributed by atoms with Crippen LogP contribution in [0.2, 0.25) is 0 Å². The SMILES string of the molecule is Cc1ccc(C(=O)NC2CCN(C(=O)Nc3ccccc3)CC2)cc1C.